The second kappa shape index (κ2) is 4.10. The van der Waals surface area contributed by atoms with E-state index in [4.69, 9.17) is 4.74 Å². The predicted molar refractivity (Wildman–Crippen MR) is 87.5 cm³/mol. The van der Waals surface area contributed by atoms with Crippen molar-refractivity contribution in [3.05, 3.63) is 41.0 Å². The first-order valence-electron chi connectivity index (χ1n) is 8.60. The van der Waals surface area contributed by atoms with Crippen LogP contribution in [0, 0.1) is 17.3 Å². The van der Waals surface area contributed by atoms with Gasteiger partial charge in [0.2, 0.25) is 5.78 Å². The van der Waals surface area contributed by atoms with Gasteiger partial charge < -0.3 is 14.6 Å². The average molecular weight is 338 g/mol. The van der Waals surface area contributed by atoms with Gasteiger partial charge in [0.15, 0.2) is 11.4 Å². The molecule has 2 aliphatic heterocycles. The van der Waals surface area contributed by atoms with Crippen LogP contribution < -0.4 is 0 Å². The van der Waals surface area contributed by atoms with Gasteiger partial charge in [0.05, 0.1) is 11.0 Å². The fourth-order valence-electron chi connectivity index (χ4n) is 5.73. The molecule has 1 spiro atoms. The average Bonchev–Trinajstić information content (AvgIpc) is 2.89. The van der Waals surface area contributed by atoms with Crippen molar-refractivity contribution in [3.8, 4) is 5.75 Å². The molecule has 1 N–H and O–H groups in total. The molecule has 3 aliphatic carbocycles. The number of benzene rings is 1. The first kappa shape index (κ1) is 15.0. The minimum Gasteiger partial charge on any atom is -0.508 e. The Bertz CT molecular complexity index is 915. The third-order valence-corrected chi connectivity index (χ3v) is 7.03. The van der Waals surface area contributed by atoms with Crippen LogP contribution in [0.15, 0.2) is 29.8 Å². The van der Waals surface area contributed by atoms with E-state index in [0.717, 1.165) is 19.1 Å². The summed E-state index contributed by atoms with van der Waals surface area (Å²) >= 11 is 0. The lowest BCUT2D eigenvalue weighted by atomic mass is 9.49. The summed E-state index contributed by atoms with van der Waals surface area (Å²) in [7, 11) is 0. The maximum absolute atomic E-state index is 13.6. The van der Waals surface area contributed by atoms with Gasteiger partial charge in [-0.3, -0.25) is 9.59 Å². The lowest BCUT2D eigenvalue weighted by Crippen LogP contribution is -2.72. The summed E-state index contributed by atoms with van der Waals surface area (Å²) in [5.41, 5.74) is -2.52. The molecule has 2 fully saturated rings. The smallest absolute Gasteiger partial charge is 0.201 e. The highest BCUT2D eigenvalue weighted by atomic mass is 16.5. The highest BCUT2D eigenvalue weighted by Gasteiger charge is 2.76. The quantitative estimate of drug-likeness (QED) is 0.796. The second-order valence-electron chi connectivity index (χ2n) is 8.14. The minimum absolute atomic E-state index is 0.0249. The largest absolute Gasteiger partial charge is 0.508 e. The maximum Gasteiger partial charge on any atom is 0.201 e. The van der Waals surface area contributed by atoms with Crippen LogP contribution in [0.3, 0.4) is 0 Å². The van der Waals surface area contributed by atoms with Crippen LogP contribution in [0.25, 0.3) is 0 Å². The molecule has 1 aromatic rings. The molecule has 5 aliphatic rings. The van der Waals surface area contributed by atoms with Crippen molar-refractivity contribution in [1.29, 1.82) is 0 Å². The Balaban J connectivity index is 1.88. The lowest BCUT2D eigenvalue weighted by Gasteiger charge is -2.61. The number of carbonyl (C=O) groups is 3. The van der Waals surface area contributed by atoms with E-state index in [0.29, 0.717) is 5.57 Å². The number of hydrogen-bond donors (Lipinski definition) is 1. The van der Waals surface area contributed by atoms with E-state index in [1.165, 1.54) is 18.2 Å². The normalized spacial score (nSPS) is 43.5. The molecule has 0 unspecified atom stereocenters. The highest BCUT2D eigenvalue weighted by Crippen LogP contribution is 2.68. The number of Topliss-reactive ketones (excluding diaryl/α,β-unsaturated/α-hetero) is 2. The molecule has 0 aromatic heterocycles. The number of aldehydes is 1. The van der Waals surface area contributed by atoms with Gasteiger partial charge in [0.25, 0.3) is 0 Å². The van der Waals surface area contributed by atoms with E-state index >= 15 is 0 Å². The fourth-order valence-corrected chi connectivity index (χ4v) is 5.73. The number of aromatic hydroxyl groups is 1. The van der Waals surface area contributed by atoms with Gasteiger partial charge >= 0.3 is 0 Å². The molecule has 2 heterocycles. The summed E-state index contributed by atoms with van der Waals surface area (Å²) in [6.07, 6.45) is 4.24. The van der Waals surface area contributed by atoms with Gasteiger partial charge in [0, 0.05) is 22.6 Å². The van der Waals surface area contributed by atoms with Crippen molar-refractivity contribution in [1.82, 2.24) is 0 Å². The number of ether oxygens (including phenoxy) is 1. The third-order valence-electron chi connectivity index (χ3n) is 7.03. The molecule has 6 rings (SSSR count). The summed E-state index contributed by atoms with van der Waals surface area (Å²) < 4.78 is 6.39. The zero-order chi connectivity index (χ0) is 17.8. The lowest BCUT2D eigenvalue weighted by molar-refractivity contribution is -0.219. The molecule has 1 saturated heterocycles. The molecule has 5 nitrogen and oxygen atoms in total. The molecule has 5 atom stereocenters. The number of carbonyl (C=O) groups excluding carboxylic acids is 3. The van der Waals surface area contributed by atoms with E-state index in [-0.39, 0.29) is 34.5 Å². The summed E-state index contributed by atoms with van der Waals surface area (Å²) in [6, 6.07) is 4.17. The standard InChI is InChI=1S/C20H18O5/c1-18(9-21)13-5-6-19(2)14(13)8-15-16(23)11-4-3-10(22)7-12(11)17(24)20(15,18)25-19/h3-4,7-9,13-14,22H,5-6H2,1-2H3/t13-,14+,18+,19-,20+/m1/s1. The van der Waals surface area contributed by atoms with Crippen LogP contribution >= 0.6 is 0 Å². The molecule has 25 heavy (non-hydrogen) atoms. The highest BCUT2D eigenvalue weighted by molar-refractivity contribution is 6.28. The molecular weight excluding hydrogens is 320 g/mol. The van der Waals surface area contributed by atoms with E-state index in [1.807, 2.05) is 13.0 Å². The summed E-state index contributed by atoms with van der Waals surface area (Å²) in [4.78, 5) is 38.9. The zero-order valence-corrected chi connectivity index (χ0v) is 14.0. The number of phenols is 1. The first-order valence-corrected chi connectivity index (χ1v) is 8.60. The Kier molecular flexibility index (Phi) is 2.46. The van der Waals surface area contributed by atoms with Crippen molar-refractivity contribution >= 4 is 17.9 Å². The Morgan fingerprint density at radius 3 is 2.72 bits per heavy atom. The van der Waals surface area contributed by atoms with Crippen LogP contribution in [0.1, 0.15) is 47.4 Å². The van der Waals surface area contributed by atoms with Gasteiger partial charge in [-0.15, -0.1) is 0 Å². The Morgan fingerprint density at radius 2 is 2.00 bits per heavy atom. The molecule has 4 bridgehead atoms. The van der Waals surface area contributed by atoms with Gasteiger partial charge in [-0.25, -0.2) is 0 Å². The topological polar surface area (TPSA) is 80.7 Å². The van der Waals surface area contributed by atoms with E-state index < -0.39 is 22.4 Å². The SMILES string of the molecule is C[C@@]12CC[C@@H]3[C@@H]1C=C1C(=O)c4ccc(O)cc4C(=O)[C@]1(O2)[C@@]3(C)C=O. The fraction of sp³-hybridized carbons (Fsp3) is 0.450. The number of phenolic OH excluding ortho intramolecular Hbond substituents is 1. The van der Waals surface area contributed by atoms with Crippen molar-refractivity contribution in [2.75, 3.05) is 0 Å². The van der Waals surface area contributed by atoms with Crippen LogP contribution in [0.5, 0.6) is 5.75 Å². The third kappa shape index (κ3) is 1.36. The Hall–Kier alpha value is -2.27. The molecule has 128 valence electrons. The monoisotopic (exact) mass is 338 g/mol. The number of ketones is 2. The molecular formula is C20H18O5. The van der Waals surface area contributed by atoms with Gasteiger partial charge in [-0.05, 0) is 50.8 Å². The molecule has 0 radical (unpaired) electrons. The second-order valence-corrected chi connectivity index (χ2v) is 8.14. The van der Waals surface area contributed by atoms with Crippen LogP contribution in [-0.2, 0) is 9.53 Å². The number of fused-ring (bicyclic) bond motifs is 1. The van der Waals surface area contributed by atoms with Crippen LogP contribution in [-0.4, -0.2) is 34.2 Å². The van der Waals surface area contributed by atoms with Crippen molar-refractivity contribution in [2.45, 2.75) is 37.9 Å². The molecule has 1 aromatic carbocycles. The predicted octanol–water partition coefficient (Wildman–Crippen LogP) is 2.47. The summed E-state index contributed by atoms with van der Waals surface area (Å²) in [5.74, 6) is -0.835. The zero-order valence-electron chi connectivity index (χ0n) is 14.0. The number of hydrogen-bond acceptors (Lipinski definition) is 5. The summed E-state index contributed by atoms with van der Waals surface area (Å²) in [5, 5.41) is 9.82. The molecule has 1 saturated carbocycles. The summed E-state index contributed by atoms with van der Waals surface area (Å²) in [6.45, 7) is 3.71. The van der Waals surface area contributed by atoms with Crippen LogP contribution in [0.2, 0.25) is 0 Å². The minimum atomic E-state index is -1.59. The van der Waals surface area contributed by atoms with Crippen LogP contribution in [0.4, 0.5) is 0 Å². The van der Waals surface area contributed by atoms with E-state index in [9.17, 15) is 19.5 Å². The van der Waals surface area contributed by atoms with Crippen molar-refractivity contribution < 1.29 is 24.2 Å². The molecule has 5 heteroatoms. The maximum atomic E-state index is 13.6. The van der Waals surface area contributed by atoms with Gasteiger partial charge in [-0.2, -0.15) is 0 Å². The Labute approximate surface area is 144 Å². The number of rotatable bonds is 1. The first-order chi connectivity index (χ1) is 11.8. The van der Waals surface area contributed by atoms with E-state index in [1.54, 1.807) is 6.92 Å². The van der Waals surface area contributed by atoms with Gasteiger partial charge in [-0.1, -0.05) is 6.08 Å². The van der Waals surface area contributed by atoms with Crippen molar-refractivity contribution in [3.63, 3.8) is 0 Å². The van der Waals surface area contributed by atoms with E-state index in [2.05, 4.69) is 0 Å². The molecule has 0 amide bonds. The Morgan fingerprint density at radius 1 is 1.24 bits per heavy atom. The van der Waals surface area contributed by atoms with Crippen molar-refractivity contribution in [2.24, 2.45) is 17.3 Å². The van der Waals surface area contributed by atoms with Gasteiger partial charge in [0.1, 0.15) is 12.0 Å².